The van der Waals surface area contributed by atoms with Gasteiger partial charge in [0.1, 0.15) is 0 Å². The molecule has 0 heterocycles. The largest absolute Gasteiger partial charge is 0.398 e. The molecular formula is C14H22N2O2. The van der Waals surface area contributed by atoms with Crippen LogP contribution in [0.25, 0.3) is 0 Å². The normalized spacial score (nSPS) is 10.3. The Balaban J connectivity index is 2.35. The highest BCUT2D eigenvalue weighted by atomic mass is 16.2. The number of rotatable bonds is 8. The minimum Gasteiger partial charge on any atom is -0.398 e. The summed E-state index contributed by atoms with van der Waals surface area (Å²) in [6, 6.07) is 5.43. The Morgan fingerprint density at radius 1 is 1.28 bits per heavy atom. The van der Waals surface area contributed by atoms with Gasteiger partial charge >= 0.3 is 0 Å². The molecule has 0 atom stereocenters. The highest BCUT2D eigenvalue weighted by molar-refractivity contribution is 5.99. The molecular weight excluding hydrogens is 228 g/mol. The third-order valence-electron chi connectivity index (χ3n) is 2.84. The molecule has 0 aliphatic carbocycles. The van der Waals surface area contributed by atoms with E-state index in [-0.39, 0.29) is 12.4 Å². The van der Waals surface area contributed by atoms with Crippen molar-refractivity contribution in [2.75, 3.05) is 24.2 Å². The van der Waals surface area contributed by atoms with Gasteiger partial charge in [0.15, 0.2) is 5.78 Å². The van der Waals surface area contributed by atoms with Crippen molar-refractivity contribution in [2.24, 2.45) is 0 Å². The van der Waals surface area contributed by atoms with Crippen molar-refractivity contribution < 1.29 is 9.90 Å². The molecule has 0 unspecified atom stereocenters. The Labute approximate surface area is 108 Å². The molecule has 1 aromatic rings. The zero-order chi connectivity index (χ0) is 13.4. The van der Waals surface area contributed by atoms with Crippen molar-refractivity contribution in [2.45, 2.75) is 32.6 Å². The van der Waals surface area contributed by atoms with E-state index in [1.807, 2.05) is 6.07 Å². The van der Waals surface area contributed by atoms with Gasteiger partial charge in [-0.2, -0.15) is 0 Å². The maximum atomic E-state index is 11.2. The van der Waals surface area contributed by atoms with Crippen LogP contribution >= 0.6 is 0 Å². The first kappa shape index (κ1) is 14.5. The van der Waals surface area contributed by atoms with E-state index in [2.05, 4.69) is 5.32 Å². The number of nitrogens with two attached hydrogens (primary N) is 1. The highest BCUT2D eigenvalue weighted by Gasteiger charge is 2.04. The van der Waals surface area contributed by atoms with E-state index in [4.69, 9.17) is 10.8 Å². The lowest BCUT2D eigenvalue weighted by molar-refractivity contribution is 0.101. The Morgan fingerprint density at radius 3 is 2.61 bits per heavy atom. The molecule has 1 aromatic carbocycles. The summed E-state index contributed by atoms with van der Waals surface area (Å²) >= 11 is 0. The molecule has 0 aliphatic rings. The minimum absolute atomic E-state index is 0.0111. The maximum absolute atomic E-state index is 11.2. The molecule has 0 bridgehead atoms. The van der Waals surface area contributed by atoms with Crippen LogP contribution in [0.15, 0.2) is 18.2 Å². The molecule has 18 heavy (non-hydrogen) atoms. The van der Waals surface area contributed by atoms with Crippen LogP contribution in [-0.4, -0.2) is 24.0 Å². The fourth-order valence-corrected chi connectivity index (χ4v) is 1.82. The van der Waals surface area contributed by atoms with Crippen LogP contribution in [0.1, 0.15) is 43.0 Å². The van der Waals surface area contributed by atoms with Gasteiger partial charge in [-0.25, -0.2) is 0 Å². The molecule has 1 rings (SSSR count). The lowest BCUT2D eigenvalue weighted by Gasteiger charge is -2.09. The lowest BCUT2D eigenvalue weighted by Crippen LogP contribution is -2.04. The Hall–Kier alpha value is -1.55. The van der Waals surface area contributed by atoms with Gasteiger partial charge in [-0.1, -0.05) is 12.8 Å². The number of Topliss-reactive ketones (excluding diaryl/α,β-unsaturated/α-hetero) is 1. The number of hydrogen-bond donors (Lipinski definition) is 3. The van der Waals surface area contributed by atoms with Gasteiger partial charge in [0.05, 0.1) is 0 Å². The smallest absolute Gasteiger partial charge is 0.161 e. The molecule has 4 N–H and O–H groups in total. The molecule has 0 saturated carbocycles. The number of hydrogen-bond acceptors (Lipinski definition) is 4. The average Bonchev–Trinajstić information content (AvgIpc) is 2.33. The molecule has 100 valence electrons. The zero-order valence-corrected chi connectivity index (χ0v) is 10.9. The number of ketones is 1. The quantitative estimate of drug-likeness (QED) is 0.376. The number of carbonyl (C=O) groups excluding carboxylic acids is 1. The number of anilines is 2. The van der Waals surface area contributed by atoms with E-state index in [9.17, 15) is 4.79 Å². The summed E-state index contributed by atoms with van der Waals surface area (Å²) < 4.78 is 0. The zero-order valence-electron chi connectivity index (χ0n) is 10.9. The molecule has 0 aromatic heterocycles. The number of nitrogens with one attached hydrogen (secondary N) is 1. The topological polar surface area (TPSA) is 75.3 Å². The molecule has 0 spiro atoms. The first-order chi connectivity index (χ1) is 8.65. The van der Waals surface area contributed by atoms with E-state index >= 15 is 0 Å². The van der Waals surface area contributed by atoms with Crippen molar-refractivity contribution >= 4 is 17.2 Å². The first-order valence-corrected chi connectivity index (χ1v) is 6.40. The number of carbonyl (C=O) groups is 1. The van der Waals surface area contributed by atoms with E-state index in [0.29, 0.717) is 11.3 Å². The Morgan fingerprint density at radius 2 is 2.00 bits per heavy atom. The van der Waals surface area contributed by atoms with Gasteiger partial charge in [0.2, 0.25) is 0 Å². The van der Waals surface area contributed by atoms with E-state index < -0.39 is 0 Å². The van der Waals surface area contributed by atoms with Crippen molar-refractivity contribution in [1.29, 1.82) is 0 Å². The van der Waals surface area contributed by atoms with Crippen LogP contribution in [0.3, 0.4) is 0 Å². The van der Waals surface area contributed by atoms with Gasteiger partial charge in [0, 0.05) is 30.1 Å². The molecule has 0 amide bonds. The molecule has 0 radical (unpaired) electrons. The van der Waals surface area contributed by atoms with E-state index in [1.54, 1.807) is 12.1 Å². The molecule has 0 fully saturated rings. The van der Waals surface area contributed by atoms with Crippen LogP contribution in [0.5, 0.6) is 0 Å². The summed E-state index contributed by atoms with van der Waals surface area (Å²) in [5.41, 5.74) is 7.84. The minimum atomic E-state index is -0.0111. The van der Waals surface area contributed by atoms with Crippen molar-refractivity contribution in [3.63, 3.8) is 0 Å². The fourth-order valence-electron chi connectivity index (χ4n) is 1.82. The first-order valence-electron chi connectivity index (χ1n) is 6.40. The second kappa shape index (κ2) is 7.71. The number of unbranched alkanes of at least 4 members (excludes halogenated alkanes) is 3. The van der Waals surface area contributed by atoms with Crippen LogP contribution in [0, 0.1) is 0 Å². The Kier molecular flexibility index (Phi) is 6.22. The van der Waals surface area contributed by atoms with Crippen molar-refractivity contribution in [3.8, 4) is 0 Å². The summed E-state index contributed by atoms with van der Waals surface area (Å²) in [7, 11) is 0. The monoisotopic (exact) mass is 250 g/mol. The average molecular weight is 250 g/mol. The number of nitrogen functional groups attached to an aromatic ring is 1. The summed E-state index contributed by atoms with van der Waals surface area (Å²) in [4.78, 5) is 11.2. The lowest BCUT2D eigenvalue weighted by atomic mass is 10.1. The third kappa shape index (κ3) is 4.75. The summed E-state index contributed by atoms with van der Waals surface area (Å²) in [5.74, 6) is -0.0111. The predicted octanol–water partition coefficient (Wildman–Crippen LogP) is 2.44. The summed E-state index contributed by atoms with van der Waals surface area (Å²) in [6.45, 7) is 2.67. The second-order valence-electron chi connectivity index (χ2n) is 4.42. The van der Waals surface area contributed by atoms with E-state index in [1.165, 1.54) is 6.92 Å². The summed E-state index contributed by atoms with van der Waals surface area (Å²) in [6.07, 6.45) is 4.10. The number of aliphatic hydroxyl groups excluding tert-OH is 1. The van der Waals surface area contributed by atoms with Crippen LogP contribution in [0.2, 0.25) is 0 Å². The highest BCUT2D eigenvalue weighted by Crippen LogP contribution is 2.18. The SMILES string of the molecule is CC(=O)c1ccc(NCCCCCCO)cc1N. The van der Waals surface area contributed by atoms with Gasteiger partial charge in [-0.3, -0.25) is 4.79 Å². The van der Waals surface area contributed by atoms with Crippen LogP contribution < -0.4 is 11.1 Å². The molecule has 0 aliphatic heterocycles. The third-order valence-corrected chi connectivity index (χ3v) is 2.84. The standard InChI is InChI=1S/C14H22N2O2/c1-11(18)13-7-6-12(10-14(13)15)16-8-4-2-3-5-9-17/h6-7,10,16-17H,2-5,8-9,15H2,1H3. The molecule has 4 heteroatoms. The van der Waals surface area contributed by atoms with Gasteiger partial charge in [-0.15, -0.1) is 0 Å². The maximum Gasteiger partial charge on any atom is 0.161 e. The van der Waals surface area contributed by atoms with E-state index in [0.717, 1.165) is 37.9 Å². The second-order valence-corrected chi connectivity index (χ2v) is 4.42. The van der Waals surface area contributed by atoms with Gasteiger partial charge < -0.3 is 16.2 Å². The number of aliphatic hydroxyl groups is 1. The number of benzene rings is 1. The van der Waals surface area contributed by atoms with Crippen LogP contribution in [-0.2, 0) is 0 Å². The fraction of sp³-hybridized carbons (Fsp3) is 0.500. The van der Waals surface area contributed by atoms with Crippen molar-refractivity contribution in [1.82, 2.24) is 0 Å². The summed E-state index contributed by atoms with van der Waals surface area (Å²) in [5, 5.41) is 11.9. The van der Waals surface area contributed by atoms with Gasteiger partial charge in [0.25, 0.3) is 0 Å². The predicted molar refractivity (Wildman–Crippen MR) is 74.9 cm³/mol. The van der Waals surface area contributed by atoms with Crippen LogP contribution in [0.4, 0.5) is 11.4 Å². The van der Waals surface area contributed by atoms with Crippen molar-refractivity contribution in [3.05, 3.63) is 23.8 Å². The molecule has 0 saturated heterocycles. The van der Waals surface area contributed by atoms with Gasteiger partial charge in [-0.05, 0) is 38.0 Å². The Bertz CT molecular complexity index is 391. The molecule has 4 nitrogen and oxygen atoms in total.